The minimum absolute atomic E-state index is 0.0931. The number of benzene rings is 1. The maximum absolute atomic E-state index is 13.0. The Morgan fingerprint density at radius 3 is 2.83 bits per heavy atom. The first kappa shape index (κ1) is 15.4. The van der Waals surface area contributed by atoms with E-state index in [-0.39, 0.29) is 17.5 Å². The van der Waals surface area contributed by atoms with Gasteiger partial charge in [0.05, 0.1) is 5.02 Å². The monoisotopic (exact) mass is 334 g/mol. The first-order valence-electron chi connectivity index (χ1n) is 6.76. The Morgan fingerprint density at radius 1 is 1.30 bits per heavy atom. The van der Waals surface area contributed by atoms with Crippen LogP contribution in [0.2, 0.25) is 5.02 Å². The number of fused-ring (bicyclic) bond motifs is 1. The van der Waals surface area contributed by atoms with Gasteiger partial charge in [-0.3, -0.25) is 0 Å². The Balaban J connectivity index is 1.79. The van der Waals surface area contributed by atoms with Gasteiger partial charge in [-0.15, -0.1) is 5.10 Å². The Kier molecular flexibility index (Phi) is 3.96. The number of carbonyl (C=O) groups is 1. The highest BCUT2D eigenvalue weighted by Crippen LogP contribution is 2.18. The van der Waals surface area contributed by atoms with Crippen LogP contribution >= 0.6 is 11.6 Å². The number of aromatic nitrogens is 4. The van der Waals surface area contributed by atoms with Gasteiger partial charge in [0.25, 0.3) is 11.6 Å². The van der Waals surface area contributed by atoms with Crippen molar-refractivity contribution in [2.24, 2.45) is 0 Å². The summed E-state index contributed by atoms with van der Waals surface area (Å²) in [6.07, 6.45) is 0. The molecule has 1 aromatic carbocycles. The molecule has 118 valence electrons. The minimum atomic E-state index is -0.701. The summed E-state index contributed by atoms with van der Waals surface area (Å²) in [5, 5.41) is 4.27. The molecule has 8 heteroatoms. The lowest BCUT2D eigenvalue weighted by Gasteiger charge is -2.04. The SMILES string of the molecule is Cc1cc(C)n2nc(C(=O)OCc3ccc(F)cc3Cl)nc2n1. The van der Waals surface area contributed by atoms with Crippen molar-refractivity contribution in [3.05, 3.63) is 57.9 Å². The van der Waals surface area contributed by atoms with Crippen molar-refractivity contribution in [3.8, 4) is 0 Å². The molecule has 0 unspecified atom stereocenters. The molecule has 0 saturated heterocycles. The lowest BCUT2D eigenvalue weighted by atomic mass is 10.2. The van der Waals surface area contributed by atoms with Gasteiger partial charge in [0.2, 0.25) is 0 Å². The molecule has 0 radical (unpaired) electrons. The van der Waals surface area contributed by atoms with E-state index in [1.165, 1.54) is 16.6 Å². The number of rotatable bonds is 3. The molecule has 0 amide bonds. The van der Waals surface area contributed by atoms with Crippen molar-refractivity contribution in [3.63, 3.8) is 0 Å². The number of aryl methyl sites for hydroxylation is 2. The van der Waals surface area contributed by atoms with E-state index in [0.29, 0.717) is 11.3 Å². The first-order valence-corrected chi connectivity index (χ1v) is 7.14. The third-order valence-electron chi connectivity index (χ3n) is 3.17. The lowest BCUT2D eigenvalue weighted by molar-refractivity contribution is 0.0458. The molecule has 6 nitrogen and oxygen atoms in total. The number of ether oxygens (including phenoxy) is 1. The number of esters is 1. The van der Waals surface area contributed by atoms with Crippen LogP contribution in [-0.2, 0) is 11.3 Å². The van der Waals surface area contributed by atoms with Crippen molar-refractivity contribution in [1.82, 2.24) is 19.6 Å². The molecule has 2 heterocycles. The van der Waals surface area contributed by atoms with Gasteiger partial charge < -0.3 is 4.74 Å². The van der Waals surface area contributed by atoms with Gasteiger partial charge in [0.15, 0.2) is 0 Å². The molecule has 0 atom stereocenters. The zero-order valence-corrected chi connectivity index (χ0v) is 13.1. The Bertz CT molecular complexity index is 910. The largest absolute Gasteiger partial charge is 0.455 e. The topological polar surface area (TPSA) is 69.4 Å². The number of halogens is 2. The number of carbonyl (C=O) groups excluding carboxylic acids is 1. The predicted octanol–water partition coefficient (Wildman–Crippen LogP) is 2.89. The molecule has 3 aromatic rings. The second kappa shape index (κ2) is 5.92. The average Bonchev–Trinajstić information content (AvgIpc) is 2.90. The van der Waals surface area contributed by atoms with E-state index in [2.05, 4.69) is 15.1 Å². The summed E-state index contributed by atoms with van der Waals surface area (Å²) in [5.74, 6) is -0.921. The molecule has 0 bridgehead atoms. The van der Waals surface area contributed by atoms with Gasteiger partial charge in [-0.1, -0.05) is 17.7 Å². The van der Waals surface area contributed by atoms with Crippen LogP contribution in [0.1, 0.15) is 27.6 Å². The fourth-order valence-corrected chi connectivity index (χ4v) is 2.32. The highest BCUT2D eigenvalue weighted by atomic mass is 35.5. The van der Waals surface area contributed by atoms with Crippen LogP contribution in [0.15, 0.2) is 24.3 Å². The molecule has 0 fully saturated rings. The number of nitrogens with zero attached hydrogens (tertiary/aromatic N) is 4. The quantitative estimate of drug-likeness (QED) is 0.689. The summed E-state index contributed by atoms with van der Waals surface area (Å²) in [5.41, 5.74) is 2.08. The van der Waals surface area contributed by atoms with Crippen LogP contribution in [0.3, 0.4) is 0 Å². The van der Waals surface area contributed by atoms with E-state index in [1.807, 2.05) is 19.9 Å². The van der Waals surface area contributed by atoms with Crippen molar-refractivity contribution in [2.45, 2.75) is 20.5 Å². The zero-order valence-electron chi connectivity index (χ0n) is 12.4. The molecule has 3 rings (SSSR count). The highest BCUT2D eigenvalue weighted by molar-refractivity contribution is 6.31. The molecule has 0 aliphatic carbocycles. The van der Waals surface area contributed by atoms with Gasteiger partial charge in [0.1, 0.15) is 12.4 Å². The summed E-state index contributed by atoms with van der Waals surface area (Å²) in [6.45, 7) is 3.57. The van der Waals surface area contributed by atoms with E-state index < -0.39 is 11.8 Å². The minimum Gasteiger partial charge on any atom is -0.455 e. The average molecular weight is 335 g/mol. The second-order valence-corrected chi connectivity index (χ2v) is 5.41. The second-order valence-electron chi connectivity index (χ2n) is 5.00. The van der Waals surface area contributed by atoms with Gasteiger partial charge in [0, 0.05) is 17.0 Å². The van der Waals surface area contributed by atoms with Crippen LogP contribution in [0, 0.1) is 19.7 Å². The van der Waals surface area contributed by atoms with Gasteiger partial charge in [-0.2, -0.15) is 4.98 Å². The molecule has 0 N–H and O–H groups in total. The lowest BCUT2D eigenvalue weighted by Crippen LogP contribution is -2.08. The van der Waals surface area contributed by atoms with Crippen LogP contribution in [-0.4, -0.2) is 25.6 Å². The van der Waals surface area contributed by atoms with Gasteiger partial charge in [-0.05, 0) is 32.0 Å². The van der Waals surface area contributed by atoms with E-state index in [0.717, 1.165) is 17.5 Å². The molecule has 23 heavy (non-hydrogen) atoms. The summed E-state index contributed by atoms with van der Waals surface area (Å²) >= 11 is 5.88. The van der Waals surface area contributed by atoms with Crippen LogP contribution in [0.5, 0.6) is 0 Å². The van der Waals surface area contributed by atoms with E-state index >= 15 is 0 Å². The Morgan fingerprint density at radius 2 is 2.09 bits per heavy atom. The summed E-state index contributed by atoms with van der Waals surface area (Å²) in [7, 11) is 0. The zero-order chi connectivity index (χ0) is 16.6. The maximum Gasteiger partial charge on any atom is 0.378 e. The van der Waals surface area contributed by atoms with Crippen LogP contribution in [0.4, 0.5) is 4.39 Å². The molecule has 0 aliphatic heterocycles. The molecule has 0 spiro atoms. The Labute approximate surface area is 135 Å². The summed E-state index contributed by atoms with van der Waals surface area (Å²) in [4.78, 5) is 20.3. The predicted molar refractivity (Wildman–Crippen MR) is 80.8 cm³/mol. The van der Waals surface area contributed by atoms with Crippen molar-refractivity contribution >= 4 is 23.3 Å². The standard InChI is InChI=1S/C15H12ClFN4O2/c1-8-5-9(2)21-15(18-8)19-13(20-21)14(22)23-7-10-3-4-11(17)6-12(10)16/h3-6H,7H2,1-2H3. The third-order valence-corrected chi connectivity index (χ3v) is 3.53. The molecular weight excluding hydrogens is 323 g/mol. The third kappa shape index (κ3) is 3.14. The normalized spacial score (nSPS) is 11.0. The van der Waals surface area contributed by atoms with E-state index in [9.17, 15) is 9.18 Å². The van der Waals surface area contributed by atoms with Crippen molar-refractivity contribution < 1.29 is 13.9 Å². The van der Waals surface area contributed by atoms with Gasteiger partial charge in [-0.25, -0.2) is 18.7 Å². The van der Waals surface area contributed by atoms with Crippen LogP contribution < -0.4 is 0 Å². The number of hydrogen-bond acceptors (Lipinski definition) is 5. The van der Waals surface area contributed by atoms with Gasteiger partial charge >= 0.3 is 5.97 Å². The number of hydrogen-bond donors (Lipinski definition) is 0. The fraction of sp³-hybridized carbons (Fsp3) is 0.200. The van der Waals surface area contributed by atoms with Crippen molar-refractivity contribution in [2.75, 3.05) is 0 Å². The van der Waals surface area contributed by atoms with E-state index in [1.54, 1.807) is 0 Å². The van der Waals surface area contributed by atoms with Crippen molar-refractivity contribution in [1.29, 1.82) is 0 Å². The highest BCUT2D eigenvalue weighted by Gasteiger charge is 2.17. The summed E-state index contributed by atoms with van der Waals surface area (Å²) in [6, 6.07) is 5.68. The molecule has 0 aliphatic rings. The molecule has 2 aromatic heterocycles. The molecular formula is C15H12ClFN4O2. The fourth-order valence-electron chi connectivity index (χ4n) is 2.10. The Hall–Kier alpha value is -2.54. The maximum atomic E-state index is 13.0. The smallest absolute Gasteiger partial charge is 0.378 e. The van der Waals surface area contributed by atoms with E-state index in [4.69, 9.17) is 16.3 Å². The van der Waals surface area contributed by atoms with Crippen LogP contribution in [0.25, 0.3) is 5.78 Å². The molecule has 0 saturated carbocycles. The summed E-state index contributed by atoms with van der Waals surface area (Å²) < 4.78 is 19.6. The first-order chi connectivity index (χ1) is 10.9.